The summed E-state index contributed by atoms with van der Waals surface area (Å²) in [7, 11) is 2.10. The second kappa shape index (κ2) is 4.29. The standard InChI is InChI=1S/C11H9BN2S/c12-5-11-14-10(7-15-11)9-3-1-8(6-13)2-4-9/h1-4,7H,5,12H2. The van der Waals surface area contributed by atoms with Crippen molar-refractivity contribution in [2.24, 2.45) is 0 Å². The molecule has 1 aromatic carbocycles. The van der Waals surface area contributed by atoms with E-state index in [1.807, 2.05) is 24.3 Å². The number of nitriles is 1. The molecule has 2 rings (SSSR count). The predicted molar refractivity (Wildman–Crippen MR) is 64.5 cm³/mol. The third-order valence-corrected chi connectivity index (χ3v) is 3.16. The molecule has 72 valence electrons. The first-order valence-corrected chi connectivity index (χ1v) is 5.66. The summed E-state index contributed by atoms with van der Waals surface area (Å²) < 4.78 is 0. The summed E-state index contributed by atoms with van der Waals surface area (Å²) in [6.07, 6.45) is 0.973. The first kappa shape index (κ1) is 9.94. The Morgan fingerprint density at radius 3 is 2.60 bits per heavy atom. The number of nitrogens with zero attached hydrogens (tertiary/aromatic N) is 2. The van der Waals surface area contributed by atoms with Gasteiger partial charge in [0.2, 0.25) is 0 Å². The van der Waals surface area contributed by atoms with Gasteiger partial charge in [0.1, 0.15) is 7.85 Å². The molecule has 0 saturated heterocycles. The number of benzene rings is 1. The minimum absolute atomic E-state index is 0.685. The maximum atomic E-state index is 8.68. The summed E-state index contributed by atoms with van der Waals surface area (Å²) in [5, 5.41) is 11.9. The molecule has 0 atom stereocenters. The van der Waals surface area contributed by atoms with Crippen LogP contribution in [0.2, 0.25) is 0 Å². The molecule has 0 N–H and O–H groups in total. The van der Waals surface area contributed by atoms with Gasteiger partial charge in [0.15, 0.2) is 0 Å². The van der Waals surface area contributed by atoms with Crippen molar-refractivity contribution >= 4 is 19.2 Å². The van der Waals surface area contributed by atoms with E-state index >= 15 is 0 Å². The van der Waals surface area contributed by atoms with Crippen LogP contribution in [-0.4, -0.2) is 12.8 Å². The lowest BCUT2D eigenvalue weighted by atomic mass is 10.1. The molecule has 2 nitrogen and oxygen atoms in total. The Bertz CT molecular complexity index is 496. The maximum Gasteiger partial charge on any atom is 0.110 e. The van der Waals surface area contributed by atoms with Gasteiger partial charge in [-0.25, -0.2) is 4.98 Å². The fourth-order valence-electron chi connectivity index (χ4n) is 1.32. The van der Waals surface area contributed by atoms with Crippen molar-refractivity contribution in [2.75, 3.05) is 0 Å². The topological polar surface area (TPSA) is 36.7 Å². The van der Waals surface area contributed by atoms with Crippen molar-refractivity contribution < 1.29 is 0 Å². The molecule has 0 amide bonds. The van der Waals surface area contributed by atoms with Crippen molar-refractivity contribution in [3.8, 4) is 17.3 Å². The fourth-order valence-corrected chi connectivity index (χ4v) is 2.08. The highest BCUT2D eigenvalue weighted by molar-refractivity contribution is 7.10. The van der Waals surface area contributed by atoms with Crippen molar-refractivity contribution in [1.29, 1.82) is 5.26 Å². The smallest absolute Gasteiger partial charge is 0.110 e. The van der Waals surface area contributed by atoms with Crippen LogP contribution in [0.15, 0.2) is 29.6 Å². The summed E-state index contributed by atoms with van der Waals surface area (Å²) in [5.41, 5.74) is 2.76. The Morgan fingerprint density at radius 2 is 2.07 bits per heavy atom. The van der Waals surface area contributed by atoms with E-state index in [2.05, 4.69) is 24.3 Å². The van der Waals surface area contributed by atoms with Crippen molar-refractivity contribution in [3.63, 3.8) is 0 Å². The maximum absolute atomic E-state index is 8.68. The molecule has 0 radical (unpaired) electrons. The van der Waals surface area contributed by atoms with Gasteiger partial charge in [0.05, 0.1) is 22.3 Å². The third kappa shape index (κ3) is 2.08. The van der Waals surface area contributed by atoms with E-state index in [9.17, 15) is 0 Å². The molecule has 15 heavy (non-hydrogen) atoms. The quantitative estimate of drug-likeness (QED) is 0.712. The average molecular weight is 212 g/mol. The van der Waals surface area contributed by atoms with Crippen LogP contribution < -0.4 is 0 Å². The lowest BCUT2D eigenvalue weighted by Gasteiger charge is -1.95. The van der Waals surface area contributed by atoms with Crippen LogP contribution in [0.25, 0.3) is 11.3 Å². The molecular weight excluding hydrogens is 203 g/mol. The molecule has 0 bridgehead atoms. The molecule has 0 fully saturated rings. The number of rotatable bonds is 2. The monoisotopic (exact) mass is 212 g/mol. The molecule has 2 aromatic rings. The fraction of sp³-hybridized carbons (Fsp3) is 0.0909. The lowest BCUT2D eigenvalue weighted by Crippen LogP contribution is -1.83. The van der Waals surface area contributed by atoms with Crippen LogP contribution in [-0.2, 0) is 6.32 Å². The molecule has 0 aliphatic rings. The summed E-state index contributed by atoms with van der Waals surface area (Å²) in [6.45, 7) is 0. The zero-order chi connectivity index (χ0) is 10.7. The molecule has 1 aromatic heterocycles. The highest BCUT2D eigenvalue weighted by Crippen LogP contribution is 2.21. The van der Waals surface area contributed by atoms with E-state index < -0.39 is 0 Å². The molecule has 4 heteroatoms. The van der Waals surface area contributed by atoms with Gasteiger partial charge in [-0.2, -0.15) is 5.26 Å². The van der Waals surface area contributed by atoms with E-state index in [0.717, 1.165) is 22.6 Å². The van der Waals surface area contributed by atoms with Gasteiger partial charge in [0, 0.05) is 10.9 Å². The lowest BCUT2D eigenvalue weighted by molar-refractivity contribution is 1.26. The van der Waals surface area contributed by atoms with Crippen molar-refractivity contribution in [1.82, 2.24) is 4.98 Å². The third-order valence-electron chi connectivity index (χ3n) is 2.16. The Labute approximate surface area is 93.6 Å². The van der Waals surface area contributed by atoms with Gasteiger partial charge in [-0.3, -0.25) is 0 Å². The van der Waals surface area contributed by atoms with Gasteiger partial charge in [-0.15, -0.1) is 11.3 Å². The van der Waals surface area contributed by atoms with Gasteiger partial charge < -0.3 is 0 Å². The highest BCUT2D eigenvalue weighted by atomic mass is 32.1. The first-order valence-electron chi connectivity index (χ1n) is 4.78. The van der Waals surface area contributed by atoms with Crippen molar-refractivity contribution in [2.45, 2.75) is 6.32 Å². The second-order valence-corrected chi connectivity index (χ2v) is 4.11. The van der Waals surface area contributed by atoms with Crippen LogP contribution >= 0.6 is 11.3 Å². The zero-order valence-electron chi connectivity index (χ0n) is 8.40. The van der Waals surface area contributed by atoms with E-state index in [0.29, 0.717) is 5.56 Å². The van der Waals surface area contributed by atoms with E-state index in [-0.39, 0.29) is 0 Å². The highest BCUT2D eigenvalue weighted by Gasteiger charge is 2.02. The number of thiazole rings is 1. The minimum atomic E-state index is 0.685. The van der Waals surface area contributed by atoms with Crippen LogP contribution in [0, 0.1) is 11.3 Å². The van der Waals surface area contributed by atoms with Gasteiger partial charge >= 0.3 is 0 Å². The van der Waals surface area contributed by atoms with Crippen LogP contribution in [0.4, 0.5) is 0 Å². The number of aromatic nitrogens is 1. The van der Waals surface area contributed by atoms with E-state index in [1.54, 1.807) is 11.3 Å². The van der Waals surface area contributed by atoms with Crippen LogP contribution in [0.1, 0.15) is 10.6 Å². The Hall–Kier alpha value is -1.60. The summed E-state index contributed by atoms with van der Waals surface area (Å²) >= 11 is 1.68. The molecular formula is C11H9BN2S. The number of hydrogen-bond donors (Lipinski definition) is 0. The summed E-state index contributed by atoms with van der Waals surface area (Å²) in [5.74, 6) is 0. The Morgan fingerprint density at radius 1 is 1.33 bits per heavy atom. The van der Waals surface area contributed by atoms with Gasteiger partial charge in [0.25, 0.3) is 0 Å². The Kier molecular flexibility index (Phi) is 2.84. The first-order chi connectivity index (χ1) is 7.33. The molecule has 0 unspecified atom stereocenters. The molecule has 0 spiro atoms. The van der Waals surface area contributed by atoms with E-state index in [1.165, 1.54) is 0 Å². The SMILES string of the molecule is BCc1nc(-c2ccc(C#N)cc2)cs1. The second-order valence-electron chi connectivity index (χ2n) is 3.17. The van der Waals surface area contributed by atoms with Gasteiger partial charge in [-0.1, -0.05) is 12.1 Å². The van der Waals surface area contributed by atoms with Crippen molar-refractivity contribution in [3.05, 3.63) is 40.2 Å². The molecule has 1 heterocycles. The van der Waals surface area contributed by atoms with Crippen LogP contribution in [0.3, 0.4) is 0 Å². The molecule has 0 aliphatic heterocycles. The van der Waals surface area contributed by atoms with Crippen LogP contribution in [0.5, 0.6) is 0 Å². The summed E-state index contributed by atoms with van der Waals surface area (Å²) in [6, 6.07) is 9.62. The Balaban J connectivity index is 2.33. The minimum Gasteiger partial charge on any atom is -0.242 e. The molecule has 0 saturated carbocycles. The summed E-state index contributed by atoms with van der Waals surface area (Å²) in [4.78, 5) is 4.49. The average Bonchev–Trinajstić information content (AvgIpc) is 2.78. The number of hydrogen-bond acceptors (Lipinski definition) is 3. The van der Waals surface area contributed by atoms with E-state index in [4.69, 9.17) is 5.26 Å². The predicted octanol–water partition coefficient (Wildman–Crippen LogP) is 1.81. The zero-order valence-corrected chi connectivity index (χ0v) is 9.21. The normalized spacial score (nSPS) is 9.80. The van der Waals surface area contributed by atoms with Gasteiger partial charge in [-0.05, 0) is 18.5 Å². The molecule has 0 aliphatic carbocycles. The largest absolute Gasteiger partial charge is 0.242 e.